The Labute approximate surface area is 146 Å². The van der Waals surface area contributed by atoms with Crippen molar-refractivity contribution in [3.63, 3.8) is 0 Å². The van der Waals surface area contributed by atoms with Gasteiger partial charge in [-0.15, -0.1) is 0 Å². The maximum Gasteiger partial charge on any atom is 0.216 e. The third-order valence-corrected chi connectivity index (χ3v) is 4.67. The molecule has 1 fully saturated rings. The molecule has 0 aliphatic carbocycles. The summed E-state index contributed by atoms with van der Waals surface area (Å²) >= 11 is 0. The van der Waals surface area contributed by atoms with Crippen molar-refractivity contribution in [1.29, 1.82) is 0 Å². The highest BCUT2D eigenvalue weighted by atomic mass is 16.5. The zero-order valence-electron chi connectivity index (χ0n) is 16.3. The highest BCUT2D eigenvalue weighted by Gasteiger charge is 2.26. The van der Waals surface area contributed by atoms with Crippen LogP contribution in [0, 0.1) is 0 Å². The summed E-state index contributed by atoms with van der Waals surface area (Å²) in [5.41, 5.74) is 2.29. The van der Waals surface area contributed by atoms with Crippen LogP contribution in [0.3, 0.4) is 0 Å². The summed E-state index contributed by atoms with van der Waals surface area (Å²) in [4.78, 5) is 2.51. The van der Waals surface area contributed by atoms with Crippen LogP contribution in [0.1, 0.15) is 51.8 Å². The lowest BCUT2D eigenvalue weighted by Crippen LogP contribution is -2.51. The number of hydrogen-bond donors (Lipinski definition) is 1. The van der Waals surface area contributed by atoms with E-state index < -0.39 is 0 Å². The van der Waals surface area contributed by atoms with E-state index in [-0.39, 0.29) is 0 Å². The van der Waals surface area contributed by atoms with Gasteiger partial charge in [0.25, 0.3) is 0 Å². The second-order valence-electron chi connectivity index (χ2n) is 7.34. The molecule has 0 spiro atoms. The average Bonchev–Trinajstić information content (AvgIpc) is 2.82. The Kier molecular flexibility index (Phi) is 6.66. The lowest BCUT2D eigenvalue weighted by atomic mass is 10.1. The molecule has 24 heavy (non-hydrogen) atoms. The number of aryl methyl sites for hydroxylation is 1. The van der Waals surface area contributed by atoms with Gasteiger partial charge >= 0.3 is 0 Å². The van der Waals surface area contributed by atoms with Crippen LogP contribution in [-0.2, 0) is 18.3 Å². The fourth-order valence-electron chi connectivity index (χ4n) is 3.57. The van der Waals surface area contributed by atoms with E-state index in [1.807, 2.05) is 11.7 Å². The highest BCUT2D eigenvalue weighted by Crippen LogP contribution is 2.26. The van der Waals surface area contributed by atoms with E-state index in [1.165, 1.54) is 5.56 Å². The molecular weight excluding hydrogens is 304 g/mol. The molecule has 0 bridgehead atoms. The lowest BCUT2D eigenvalue weighted by molar-refractivity contribution is -0.0781. The molecule has 1 N–H and O–H groups in total. The monoisotopic (exact) mass is 338 g/mol. The average molecular weight is 338 g/mol. The molecule has 2 rings (SSSR count). The van der Waals surface area contributed by atoms with Crippen LogP contribution in [0.15, 0.2) is 0 Å². The molecule has 0 unspecified atom stereocenters. The summed E-state index contributed by atoms with van der Waals surface area (Å²) in [7, 11) is 3.65. The summed E-state index contributed by atoms with van der Waals surface area (Å²) in [6.45, 7) is 14.6. The Morgan fingerprint density at radius 3 is 2.42 bits per heavy atom. The van der Waals surface area contributed by atoms with Crippen LogP contribution < -0.4 is 10.1 Å². The van der Waals surface area contributed by atoms with Crippen LogP contribution in [0.2, 0.25) is 0 Å². The molecule has 6 nitrogen and oxygen atoms in total. The Morgan fingerprint density at radius 1 is 1.25 bits per heavy atom. The first kappa shape index (κ1) is 19.2. The smallest absolute Gasteiger partial charge is 0.216 e. The quantitative estimate of drug-likeness (QED) is 0.825. The van der Waals surface area contributed by atoms with Crippen molar-refractivity contribution in [2.24, 2.45) is 7.05 Å². The van der Waals surface area contributed by atoms with Crippen molar-refractivity contribution in [3.05, 3.63) is 11.3 Å². The number of morpholine rings is 1. The molecule has 138 valence electrons. The summed E-state index contributed by atoms with van der Waals surface area (Å²) in [5.74, 6) is 1.24. The molecule has 1 aliphatic rings. The number of nitrogens with one attached hydrogen (secondary N) is 1. The van der Waals surface area contributed by atoms with Crippen molar-refractivity contribution < 1.29 is 9.47 Å². The molecule has 6 heteroatoms. The fourth-order valence-corrected chi connectivity index (χ4v) is 3.57. The maximum atomic E-state index is 5.83. The summed E-state index contributed by atoms with van der Waals surface area (Å²) in [5, 5.41) is 8.21. The second-order valence-corrected chi connectivity index (χ2v) is 7.34. The lowest BCUT2D eigenvalue weighted by Gasteiger charge is -2.39. The van der Waals surface area contributed by atoms with E-state index in [0.29, 0.717) is 24.2 Å². The molecule has 0 saturated carbocycles. The minimum absolute atomic E-state index is 0.308. The molecule has 3 atom stereocenters. The third-order valence-electron chi connectivity index (χ3n) is 4.67. The highest BCUT2D eigenvalue weighted by molar-refractivity contribution is 5.33. The zero-order chi connectivity index (χ0) is 17.9. The standard InChI is InChI=1S/C18H34N4O2/c1-12(2)17-16(18(23-7)21(6)20-17)9-19-8-13(3)22-10-14(4)24-15(5)11-22/h12-15,19H,8-11H2,1-7H3/t13-,14-,15-/m0/s1. The topological polar surface area (TPSA) is 51.6 Å². The van der Waals surface area contributed by atoms with E-state index in [2.05, 4.69) is 49.9 Å². The Morgan fingerprint density at radius 2 is 1.88 bits per heavy atom. The van der Waals surface area contributed by atoms with Gasteiger partial charge in [0.2, 0.25) is 5.88 Å². The molecule has 0 radical (unpaired) electrons. The third kappa shape index (κ3) is 4.49. The van der Waals surface area contributed by atoms with Crippen molar-refractivity contribution in [2.75, 3.05) is 26.7 Å². The van der Waals surface area contributed by atoms with Crippen molar-refractivity contribution in [2.45, 2.75) is 65.3 Å². The van der Waals surface area contributed by atoms with Crippen LogP contribution in [0.5, 0.6) is 5.88 Å². The molecule has 1 saturated heterocycles. The molecule has 1 aromatic heterocycles. The first-order chi connectivity index (χ1) is 11.3. The van der Waals surface area contributed by atoms with E-state index in [0.717, 1.165) is 37.8 Å². The number of rotatable bonds is 7. The van der Waals surface area contributed by atoms with Crippen LogP contribution in [-0.4, -0.2) is 59.7 Å². The van der Waals surface area contributed by atoms with E-state index >= 15 is 0 Å². The predicted octanol–water partition coefficient (Wildman–Crippen LogP) is 2.14. The number of aromatic nitrogens is 2. The summed E-state index contributed by atoms with van der Waals surface area (Å²) in [6.07, 6.45) is 0.615. The molecule has 0 aromatic carbocycles. The van der Waals surface area contributed by atoms with Gasteiger partial charge in [0.15, 0.2) is 0 Å². The minimum Gasteiger partial charge on any atom is -0.481 e. The van der Waals surface area contributed by atoms with Gasteiger partial charge < -0.3 is 14.8 Å². The number of hydrogen-bond acceptors (Lipinski definition) is 5. The van der Waals surface area contributed by atoms with Gasteiger partial charge in [0.05, 0.1) is 30.6 Å². The minimum atomic E-state index is 0.308. The van der Waals surface area contributed by atoms with Gasteiger partial charge in [0, 0.05) is 39.3 Å². The second kappa shape index (κ2) is 8.32. The largest absolute Gasteiger partial charge is 0.481 e. The first-order valence-electron chi connectivity index (χ1n) is 9.03. The Hall–Kier alpha value is -1.11. The summed E-state index contributed by atoms with van der Waals surface area (Å²) in [6, 6.07) is 0.476. The van der Waals surface area contributed by atoms with Crippen molar-refractivity contribution >= 4 is 0 Å². The van der Waals surface area contributed by atoms with Gasteiger partial charge in [-0.1, -0.05) is 13.8 Å². The predicted molar refractivity (Wildman–Crippen MR) is 96.6 cm³/mol. The maximum absolute atomic E-state index is 5.83. The van der Waals surface area contributed by atoms with Gasteiger partial charge in [-0.25, -0.2) is 4.68 Å². The Bertz CT molecular complexity index is 519. The molecule has 1 aromatic rings. The van der Waals surface area contributed by atoms with Gasteiger partial charge in [-0.05, 0) is 26.7 Å². The van der Waals surface area contributed by atoms with E-state index in [4.69, 9.17) is 9.47 Å². The number of methoxy groups -OCH3 is 1. The van der Waals surface area contributed by atoms with Crippen LogP contribution in [0.25, 0.3) is 0 Å². The SMILES string of the molecule is COc1c(CNC[C@H](C)N2C[C@H](C)O[C@@H](C)C2)c(C(C)C)nn1C. The van der Waals surface area contributed by atoms with E-state index in [9.17, 15) is 0 Å². The summed E-state index contributed by atoms with van der Waals surface area (Å²) < 4.78 is 13.2. The van der Waals surface area contributed by atoms with Gasteiger partial charge in [-0.2, -0.15) is 5.10 Å². The fraction of sp³-hybridized carbons (Fsp3) is 0.833. The molecule has 0 amide bonds. The normalized spacial score (nSPS) is 23.7. The number of nitrogens with zero attached hydrogens (tertiary/aromatic N) is 3. The van der Waals surface area contributed by atoms with Crippen molar-refractivity contribution in [1.82, 2.24) is 20.0 Å². The van der Waals surface area contributed by atoms with E-state index in [1.54, 1.807) is 7.11 Å². The van der Waals surface area contributed by atoms with Crippen LogP contribution in [0.4, 0.5) is 0 Å². The number of ether oxygens (including phenoxy) is 2. The molecule has 2 heterocycles. The van der Waals surface area contributed by atoms with Crippen LogP contribution >= 0.6 is 0 Å². The zero-order valence-corrected chi connectivity index (χ0v) is 16.3. The Balaban J connectivity index is 1.94. The van der Waals surface area contributed by atoms with Crippen molar-refractivity contribution in [3.8, 4) is 5.88 Å². The molecular formula is C18H34N4O2. The van der Waals surface area contributed by atoms with Gasteiger partial charge in [-0.3, -0.25) is 4.90 Å². The first-order valence-corrected chi connectivity index (χ1v) is 9.03. The molecule has 1 aliphatic heterocycles. The van der Waals surface area contributed by atoms with Gasteiger partial charge in [0.1, 0.15) is 0 Å².